The molecule has 1 aliphatic heterocycles. The second kappa shape index (κ2) is 16.3. The number of carbonyl (C=O) groups is 1. The summed E-state index contributed by atoms with van der Waals surface area (Å²) >= 11 is 14.2. The highest BCUT2D eigenvalue weighted by Crippen LogP contribution is 2.40. The van der Waals surface area contributed by atoms with Crippen LogP contribution in [-0.2, 0) is 22.6 Å². The molecular weight excluding hydrogens is 788 g/mol. The van der Waals surface area contributed by atoms with Crippen LogP contribution in [0.15, 0.2) is 109 Å². The lowest BCUT2D eigenvalue weighted by Crippen LogP contribution is -2.32. The number of carbonyl (C=O) groups excluding carboxylic acids is 1. The van der Waals surface area contributed by atoms with Crippen LogP contribution in [0, 0.1) is 5.82 Å². The van der Waals surface area contributed by atoms with Crippen molar-refractivity contribution >= 4 is 51.2 Å². The van der Waals surface area contributed by atoms with Gasteiger partial charge in [-0.1, -0.05) is 114 Å². The Balaban J connectivity index is 1.01. The third kappa shape index (κ3) is 7.43. The Morgan fingerprint density at radius 2 is 1.32 bits per heavy atom. The third-order valence-electron chi connectivity index (χ3n) is 10.6. The fourth-order valence-electron chi connectivity index (χ4n) is 7.71. The predicted molar refractivity (Wildman–Crippen MR) is 227 cm³/mol. The van der Waals surface area contributed by atoms with Crippen molar-refractivity contribution in [3.05, 3.63) is 131 Å². The molecule has 8 aromatic rings. The Morgan fingerprint density at radius 3 is 1.98 bits per heavy atom. The van der Waals surface area contributed by atoms with Crippen molar-refractivity contribution < 1.29 is 13.9 Å². The molecule has 5 heterocycles. The van der Waals surface area contributed by atoms with Crippen LogP contribution >= 0.6 is 23.2 Å². The minimum Gasteiger partial charge on any atom is -0.377 e. The van der Waals surface area contributed by atoms with Gasteiger partial charge in [0, 0.05) is 41.3 Å². The second-order valence-corrected chi connectivity index (χ2v) is 15.5. The first-order valence-electron chi connectivity index (χ1n) is 19.5. The van der Waals surface area contributed by atoms with Crippen LogP contribution in [0.25, 0.3) is 67.1 Å². The Bertz CT molecular complexity index is 2830. The minimum atomic E-state index is -0.462. The first-order chi connectivity index (χ1) is 28.7. The van der Waals surface area contributed by atoms with Crippen LogP contribution in [0.1, 0.15) is 31.7 Å². The van der Waals surface area contributed by atoms with Crippen LogP contribution in [-0.4, -0.2) is 76.6 Å². The molecule has 59 heavy (non-hydrogen) atoms. The number of hydrogen-bond donors (Lipinski definition) is 0. The molecule has 0 N–H and O–H groups in total. The predicted octanol–water partition coefficient (Wildman–Crippen LogP) is 9.52. The average molecular weight is 827 g/mol. The molecule has 0 radical (unpaired) electrons. The van der Waals surface area contributed by atoms with Crippen molar-refractivity contribution in [3.8, 4) is 45.0 Å². The molecule has 14 heteroatoms. The van der Waals surface area contributed by atoms with Crippen molar-refractivity contribution in [2.24, 2.45) is 0 Å². The average Bonchev–Trinajstić information content (AvgIpc) is 3.99. The molecule has 296 valence electrons. The Morgan fingerprint density at radius 1 is 0.729 bits per heavy atom. The monoisotopic (exact) mass is 825 g/mol. The number of halogens is 3. The van der Waals surface area contributed by atoms with Gasteiger partial charge in [0.15, 0.2) is 11.3 Å². The van der Waals surface area contributed by atoms with Gasteiger partial charge < -0.3 is 9.64 Å². The third-order valence-corrected chi connectivity index (χ3v) is 11.4. The van der Waals surface area contributed by atoms with Crippen molar-refractivity contribution in [2.75, 3.05) is 19.7 Å². The molecule has 1 aliphatic rings. The first-order valence-corrected chi connectivity index (χ1v) is 20.2. The molecule has 4 aromatic carbocycles. The van der Waals surface area contributed by atoms with E-state index >= 15 is 4.39 Å². The summed E-state index contributed by atoms with van der Waals surface area (Å²) in [5.41, 5.74) is 6.71. The highest BCUT2D eigenvalue weighted by molar-refractivity contribution is 6.39. The number of hydrogen-bond acceptors (Lipinski definition) is 8. The van der Waals surface area contributed by atoms with Crippen molar-refractivity contribution in [1.82, 2.24) is 44.9 Å². The van der Waals surface area contributed by atoms with E-state index in [-0.39, 0.29) is 35.1 Å². The molecule has 1 unspecified atom stereocenters. The lowest BCUT2D eigenvalue weighted by atomic mass is 9.95. The lowest BCUT2D eigenvalue weighted by molar-refractivity contribution is -0.130. The highest BCUT2D eigenvalue weighted by Gasteiger charge is 2.30. The van der Waals surface area contributed by atoms with E-state index in [9.17, 15) is 4.79 Å². The molecule has 1 fully saturated rings. The maximum atomic E-state index is 15.3. The van der Waals surface area contributed by atoms with Crippen LogP contribution in [0.4, 0.5) is 4.39 Å². The molecule has 0 aliphatic carbocycles. The Kier molecular flexibility index (Phi) is 10.6. The molecule has 4 aromatic heterocycles. The fourth-order valence-corrected chi connectivity index (χ4v) is 8.35. The van der Waals surface area contributed by atoms with Crippen molar-refractivity contribution in [2.45, 2.75) is 45.4 Å². The van der Waals surface area contributed by atoms with Gasteiger partial charge in [-0.25, -0.2) is 13.8 Å². The molecule has 1 amide bonds. The van der Waals surface area contributed by atoms with Gasteiger partial charge in [-0.2, -0.15) is 10.2 Å². The SMILES string of the molecule is CC(C)OCCn1nc(-c2cccc(C3CCN(C(=O)Cn4nc(-c5ccccc5F)c5c(Cl)c(-c6ccccc6)nnc54)C3)c2)c2c(Cl)c(-c3ccccc3)nnc21. The number of amides is 1. The Labute approximate surface area is 349 Å². The summed E-state index contributed by atoms with van der Waals surface area (Å²) in [6, 6.07) is 33.7. The summed E-state index contributed by atoms with van der Waals surface area (Å²) in [4.78, 5) is 15.9. The van der Waals surface area contributed by atoms with Gasteiger partial charge in [-0.3, -0.25) is 4.79 Å². The van der Waals surface area contributed by atoms with E-state index < -0.39 is 5.82 Å². The maximum Gasteiger partial charge on any atom is 0.244 e. The number of likely N-dealkylation sites (tertiary alicyclic amines) is 1. The van der Waals surface area contributed by atoms with Crippen LogP contribution in [0.5, 0.6) is 0 Å². The van der Waals surface area contributed by atoms with E-state index in [2.05, 4.69) is 32.5 Å². The summed E-state index contributed by atoms with van der Waals surface area (Å²) in [7, 11) is 0. The van der Waals surface area contributed by atoms with Crippen LogP contribution in [0.3, 0.4) is 0 Å². The van der Waals surface area contributed by atoms with Gasteiger partial charge in [0.1, 0.15) is 35.1 Å². The van der Waals surface area contributed by atoms with Gasteiger partial charge in [0.2, 0.25) is 5.91 Å². The van der Waals surface area contributed by atoms with Gasteiger partial charge >= 0.3 is 0 Å². The lowest BCUT2D eigenvalue weighted by Gasteiger charge is -2.17. The van der Waals surface area contributed by atoms with Crippen LogP contribution < -0.4 is 0 Å². The van der Waals surface area contributed by atoms with Gasteiger partial charge in [0.05, 0.1) is 40.1 Å². The maximum absolute atomic E-state index is 15.3. The van der Waals surface area contributed by atoms with E-state index in [1.165, 1.54) is 10.7 Å². The second-order valence-electron chi connectivity index (χ2n) is 14.8. The highest BCUT2D eigenvalue weighted by atomic mass is 35.5. The summed E-state index contributed by atoms with van der Waals surface area (Å²) < 4.78 is 24.4. The van der Waals surface area contributed by atoms with E-state index in [0.717, 1.165) is 28.7 Å². The largest absolute Gasteiger partial charge is 0.377 e. The normalized spacial score (nSPS) is 14.3. The number of rotatable bonds is 11. The van der Waals surface area contributed by atoms with Gasteiger partial charge in [-0.05, 0) is 44.0 Å². The zero-order valence-electron chi connectivity index (χ0n) is 32.3. The zero-order valence-corrected chi connectivity index (χ0v) is 33.8. The standard InChI is InChI=1S/C45H38Cl2FN9O2/c1-27(2)59-23-22-56-44-36(38(46)41(49-51-44)28-12-5-3-6-13-28)40(53-56)31-17-11-16-30(24-31)32-20-21-55(25-32)35(58)26-57-45-37(43(54-57)33-18-9-10-19-34(33)48)39(47)42(50-52-45)29-14-7-4-8-15-29/h3-19,24,27,32H,20-23,25-26H2,1-2H3. The van der Waals surface area contributed by atoms with E-state index in [4.69, 9.17) is 38.1 Å². The van der Waals surface area contributed by atoms with Gasteiger partial charge in [0.25, 0.3) is 0 Å². The van der Waals surface area contributed by atoms with Gasteiger partial charge in [-0.15, -0.1) is 20.4 Å². The van der Waals surface area contributed by atoms with Crippen LogP contribution in [0.2, 0.25) is 10.0 Å². The summed E-state index contributed by atoms with van der Waals surface area (Å²) in [5.74, 6) is -0.547. The Hall–Kier alpha value is -6.08. The van der Waals surface area contributed by atoms with E-state index in [1.54, 1.807) is 22.9 Å². The molecule has 0 bridgehead atoms. The van der Waals surface area contributed by atoms with E-state index in [1.807, 2.05) is 91.5 Å². The smallest absolute Gasteiger partial charge is 0.244 e. The van der Waals surface area contributed by atoms with Crippen molar-refractivity contribution in [1.29, 1.82) is 0 Å². The number of benzene rings is 4. The molecule has 1 atom stereocenters. The summed E-state index contributed by atoms with van der Waals surface area (Å²) in [5, 5.41) is 29.7. The number of nitrogens with zero attached hydrogens (tertiary/aromatic N) is 9. The fraction of sp³-hybridized carbons (Fsp3) is 0.222. The molecule has 0 saturated carbocycles. The van der Waals surface area contributed by atoms with Crippen molar-refractivity contribution in [3.63, 3.8) is 0 Å². The molecule has 0 spiro atoms. The molecule has 11 nitrogen and oxygen atoms in total. The molecule has 1 saturated heterocycles. The quantitative estimate of drug-likeness (QED) is 0.127. The summed E-state index contributed by atoms with van der Waals surface area (Å²) in [6.45, 7) is 5.84. The topological polar surface area (TPSA) is 117 Å². The molecular formula is C45H38Cl2FN9O2. The number of aromatic nitrogens is 8. The number of ether oxygens (including phenoxy) is 1. The summed E-state index contributed by atoms with van der Waals surface area (Å²) in [6.07, 6.45) is 0.828. The van der Waals surface area contributed by atoms with E-state index in [0.29, 0.717) is 76.1 Å². The minimum absolute atomic E-state index is 0.0628. The first kappa shape index (κ1) is 38.4. The molecule has 9 rings (SSSR count). The number of fused-ring (bicyclic) bond motifs is 2. The zero-order chi connectivity index (χ0) is 40.6.